The Morgan fingerprint density at radius 2 is 1.79 bits per heavy atom. The van der Waals surface area contributed by atoms with Gasteiger partial charge < -0.3 is 0 Å². The number of nitrogens with one attached hydrogen (secondary N) is 1. The van der Waals surface area contributed by atoms with E-state index in [1.54, 1.807) is 24.3 Å². The summed E-state index contributed by atoms with van der Waals surface area (Å²) in [6.07, 6.45) is 3.26. The Morgan fingerprint density at radius 1 is 1.16 bits per heavy atom. The molecule has 6 heteroatoms. The third-order valence-electron chi connectivity index (χ3n) is 3.14. The normalized spacial score (nSPS) is 16.8. The van der Waals surface area contributed by atoms with E-state index in [4.69, 9.17) is 5.26 Å². The smallest absolute Gasteiger partial charge is 0.271 e. The van der Waals surface area contributed by atoms with Crippen LogP contribution in [0.2, 0.25) is 0 Å². The molecule has 1 aromatic carbocycles. The van der Waals surface area contributed by atoms with Gasteiger partial charge in [-0.2, -0.15) is 18.0 Å². The lowest BCUT2D eigenvalue weighted by molar-refractivity contribution is 0.349. The number of anilines is 1. The van der Waals surface area contributed by atoms with E-state index in [1.165, 1.54) is 4.31 Å². The highest BCUT2D eigenvalue weighted by Crippen LogP contribution is 2.17. The first-order valence-electron chi connectivity index (χ1n) is 6.35. The van der Waals surface area contributed by atoms with Gasteiger partial charge in [-0.3, -0.25) is 4.72 Å². The van der Waals surface area contributed by atoms with Crippen molar-refractivity contribution in [3.05, 3.63) is 29.8 Å². The van der Waals surface area contributed by atoms with Crippen LogP contribution in [-0.4, -0.2) is 25.8 Å². The van der Waals surface area contributed by atoms with Crippen LogP contribution in [0.15, 0.2) is 24.3 Å². The predicted octanol–water partition coefficient (Wildman–Crippen LogP) is 1.90. The molecule has 1 heterocycles. The van der Waals surface area contributed by atoms with Gasteiger partial charge >= 0.3 is 10.2 Å². The minimum absolute atomic E-state index is 0.332. The summed E-state index contributed by atoms with van der Waals surface area (Å²) in [6, 6.07) is 8.96. The molecule has 0 aromatic heterocycles. The molecule has 19 heavy (non-hydrogen) atoms. The Hall–Kier alpha value is -1.58. The van der Waals surface area contributed by atoms with Gasteiger partial charge in [0.05, 0.1) is 12.5 Å². The van der Waals surface area contributed by atoms with Crippen molar-refractivity contribution in [1.82, 2.24) is 4.31 Å². The summed E-state index contributed by atoms with van der Waals surface area (Å²) in [5.74, 6) is 0. The molecule has 1 aliphatic heterocycles. The maximum atomic E-state index is 12.1. The number of nitrogens with zero attached hydrogens (tertiary/aromatic N) is 2. The van der Waals surface area contributed by atoms with Crippen molar-refractivity contribution in [2.45, 2.75) is 25.7 Å². The Bertz CT molecular complexity index is 555. The van der Waals surface area contributed by atoms with E-state index < -0.39 is 10.2 Å². The average Bonchev–Trinajstić information content (AvgIpc) is 2.42. The fraction of sp³-hybridized carbons (Fsp3) is 0.462. The quantitative estimate of drug-likeness (QED) is 0.914. The van der Waals surface area contributed by atoms with Crippen molar-refractivity contribution >= 4 is 15.9 Å². The summed E-state index contributed by atoms with van der Waals surface area (Å²) in [5, 5.41) is 8.58. The van der Waals surface area contributed by atoms with Crippen molar-refractivity contribution in [3.8, 4) is 6.07 Å². The van der Waals surface area contributed by atoms with Gasteiger partial charge in [0.2, 0.25) is 0 Å². The SMILES string of the molecule is N#CCc1ccc(NS(=O)(=O)N2CCCCC2)cc1. The minimum Gasteiger partial charge on any atom is -0.271 e. The highest BCUT2D eigenvalue weighted by atomic mass is 32.2. The van der Waals surface area contributed by atoms with Crippen LogP contribution in [0.25, 0.3) is 0 Å². The fourth-order valence-corrected chi connectivity index (χ4v) is 3.40. The summed E-state index contributed by atoms with van der Waals surface area (Å²) >= 11 is 0. The molecule has 5 nitrogen and oxygen atoms in total. The van der Waals surface area contributed by atoms with E-state index in [0.29, 0.717) is 25.2 Å². The summed E-state index contributed by atoms with van der Waals surface area (Å²) in [5.41, 5.74) is 1.41. The topological polar surface area (TPSA) is 73.2 Å². The summed E-state index contributed by atoms with van der Waals surface area (Å²) < 4.78 is 28.3. The number of hydrogen-bond donors (Lipinski definition) is 1. The molecule has 0 unspecified atom stereocenters. The third-order valence-corrected chi connectivity index (χ3v) is 4.68. The summed E-state index contributed by atoms with van der Waals surface area (Å²) in [7, 11) is -3.44. The molecule has 0 radical (unpaired) electrons. The van der Waals surface area contributed by atoms with Crippen LogP contribution in [0.3, 0.4) is 0 Å². The first-order valence-corrected chi connectivity index (χ1v) is 7.79. The Kier molecular flexibility index (Phi) is 4.40. The second-order valence-corrected chi connectivity index (χ2v) is 6.27. The van der Waals surface area contributed by atoms with Crippen LogP contribution in [0.4, 0.5) is 5.69 Å². The van der Waals surface area contributed by atoms with E-state index in [2.05, 4.69) is 10.8 Å². The standard InChI is InChI=1S/C13H17N3O2S/c14-9-8-12-4-6-13(7-5-12)15-19(17,18)16-10-2-1-3-11-16/h4-7,15H,1-3,8,10-11H2. The summed E-state index contributed by atoms with van der Waals surface area (Å²) in [6.45, 7) is 1.17. The maximum Gasteiger partial charge on any atom is 0.301 e. The van der Waals surface area contributed by atoms with Crippen molar-refractivity contribution in [2.75, 3.05) is 17.8 Å². The van der Waals surface area contributed by atoms with E-state index in [9.17, 15) is 8.42 Å². The average molecular weight is 279 g/mol. The van der Waals surface area contributed by atoms with Crippen molar-refractivity contribution in [3.63, 3.8) is 0 Å². The van der Waals surface area contributed by atoms with Gasteiger partial charge in [-0.05, 0) is 30.5 Å². The summed E-state index contributed by atoms with van der Waals surface area (Å²) in [4.78, 5) is 0. The molecule has 2 rings (SSSR count). The molecule has 102 valence electrons. The number of rotatable bonds is 4. The Labute approximate surface area is 114 Å². The van der Waals surface area contributed by atoms with Crippen molar-refractivity contribution < 1.29 is 8.42 Å². The van der Waals surface area contributed by atoms with Crippen molar-refractivity contribution in [2.24, 2.45) is 0 Å². The Balaban J connectivity index is 2.05. The molecule has 0 amide bonds. The maximum absolute atomic E-state index is 12.1. The van der Waals surface area contributed by atoms with Gasteiger partial charge in [0.15, 0.2) is 0 Å². The van der Waals surface area contributed by atoms with Crippen LogP contribution >= 0.6 is 0 Å². The molecule has 1 aliphatic rings. The zero-order valence-electron chi connectivity index (χ0n) is 10.7. The van der Waals surface area contributed by atoms with Crippen molar-refractivity contribution in [1.29, 1.82) is 5.26 Å². The molecular formula is C13H17N3O2S. The number of piperidine rings is 1. The fourth-order valence-electron chi connectivity index (χ4n) is 2.10. The van der Waals surface area contributed by atoms with E-state index in [0.717, 1.165) is 24.8 Å². The molecule has 0 spiro atoms. The van der Waals surface area contributed by atoms with Crippen LogP contribution in [0.1, 0.15) is 24.8 Å². The van der Waals surface area contributed by atoms with E-state index in [-0.39, 0.29) is 0 Å². The number of nitriles is 1. The van der Waals surface area contributed by atoms with Crippen LogP contribution < -0.4 is 4.72 Å². The lowest BCUT2D eigenvalue weighted by Crippen LogP contribution is -2.39. The van der Waals surface area contributed by atoms with Crippen LogP contribution in [-0.2, 0) is 16.6 Å². The van der Waals surface area contributed by atoms with Crippen LogP contribution in [0.5, 0.6) is 0 Å². The first-order chi connectivity index (χ1) is 9.12. The Morgan fingerprint density at radius 3 is 2.37 bits per heavy atom. The molecule has 1 aromatic rings. The van der Waals surface area contributed by atoms with Gasteiger partial charge in [-0.15, -0.1) is 0 Å². The second kappa shape index (κ2) is 6.04. The highest BCUT2D eigenvalue weighted by molar-refractivity contribution is 7.90. The number of benzene rings is 1. The molecule has 0 bridgehead atoms. The van der Waals surface area contributed by atoms with Gasteiger partial charge in [0.25, 0.3) is 0 Å². The molecule has 1 saturated heterocycles. The lowest BCUT2D eigenvalue weighted by Gasteiger charge is -2.26. The van der Waals surface area contributed by atoms with Crippen LogP contribution in [0, 0.1) is 11.3 Å². The third kappa shape index (κ3) is 3.69. The highest BCUT2D eigenvalue weighted by Gasteiger charge is 2.23. The van der Waals surface area contributed by atoms with Gasteiger partial charge in [0, 0.05) is 18.8 Å². The van der Waals surface area contributed by atoms with Gasteiger partial charge in [-0.25, -0.2) is 0 Å². The predicted molar refractivity (Wildman–Crippen MR) is 73.7 cm³/mol. The zero-order chi connectivity index (χ0) is 13.7. The molecular weight excluding hydrogens is 262 g/mol. The first kappa shape index (κ1) is 13.8. The minimum atomic E-state index is -3.44. The molecule has 0 aliphatic carbocycles. The van der Waals surface area contributed by atoms with Gasteiger partial charge in [-0.1, -0.05) is 18.6 Å². The number of hydrogen-bond acceptors (Lipinski definition) is 3. The zero-order valence-corrected chi connectivity index (χ0v) is 11.5. The van der Waals surface area contributed by atoms with E-state index in [1.807, 2.05) is 0 Å². The lowest BCUT2D eigenvalue weighted by atomic mass is 10.1. The molecule has 1 fully saturated rings. The molecule has 1 N–H and O–H groups in total. The van der Waals surface area contributed by atoms with Gasteiger partial charge in [0.1, 0.15) is 0 Å². The largest absolute Gasteiger partial charge is 0.301 e. The molecule has 0 atom stereocenters. The second-order valence-electron chi connectivity index (χ2n) is 4.60. The molecule has 0 saturated carbocycles. The van der Waals surface area contributed by atoms with E-state index >= 15 is 0 Å². The monoisotopic (exact) mass is 279 g/mol.